The standard InChI is InChI=1S/C13H25N3O2/c1-3-4-7-11(14)12(17)15-10(2)13(18)16-8-5-6-9-16/h10-11H,3-9,14H2,1-2H3,(H,15,17)/t10?,11-/m0/s1. The van der Waals surface area contributed by atoms with E-state index in [0.29, 0.717) is 6.42 Å². The Kier molecular flexibility index (Phi) is 6.12. The first-order chi connectivity index (χ1) is 8.56. The lowest BCUT2D eigenvalue weighted by Gasteiger charge is -2.22. The minimum absolute atomic E-state index is 0.00328. The summed E-state index contributed by atoms with van der Waals surface area (Å²) < 4.78 is 0. The lowest BCUT2D eigenvalue weighted by molar-refractivity contribution is -0.135. The molecular formula is C13H25N3O2. The van der Waals surface area contributed by atoms with Gasteiger partial charge in [-0.05, 0) is 26.2 Å². The van der Waals surface area contributed by atoms with E-state index in [4.69, 9.17) is 5.73 Å². The SMILES string of the molecule is CCCC[C@H](N)C(=O)NC(C)C(=O)N1CCCC1. The molecule has 1 unspecified atom stereocenters. The molecule has 104 valence electrons. The van der Waals surface area contributed by atoms with Gasteiger partial charge in [0.15, 0.2) is 0 Å². The van der Waals surface area contributed by atoms with Crippen molar-refractivity contribution in [3.05, 3.63) is 0 Å². The Morgan fingerprint density at radius 2 is 1.94 bits per heavy atom. The molecule has 18 heavy (non-hydrogen) atoms. The predicted molar refractivity (Wildman–Crippen MR) is 70.9 cm³/mol. The summed E-state index contributed by atoms with van der Waals surface area (Å²) in [5.41, 5.74) is 5.77. The number of nitrogens with zero attached hydrogens (tertiary/aromatic N) is 1. The Hall–Kier alpha value is -1.10. The molecule has 1 aliphatic rings. The van der Waals surface area contributed by atoms with Gasteiger partial charge in [0.25, 0.3) is 0 Å². The molecule has 1 heterocycles. The fourth-order valence-corrected chi connectivity index (χ4v) is 2.15. The average molecular weight is 255 g/mol. The number of likely N-dealkylation sites (tertiary alicyclic amines) is 1. The van der Waals surface area contributed by atoms with Crippen LogP contribution in [-0.2, 0) is 9.59 Å². The van der Waals surface area contributed by atoms with Crippen LogP contribution in [0.25, 0.3) is 0 Å². The summed E-state index contributed by atoms with van der Waals surface area (Å²) in [5, 5.41) is 2.71. The molecule has 0 aromatic carbocycles. The molecule has 0 aliphatic carbocycles. The van der Waals surface area contributed by atoms with E-state index in [1.807, 2.05) is 4.90 Å². The highest BCUT2D eigenvalue weighted by Gasteiger charge is 2.25. The number of carbonyl (C=O) groups is 2. The van der Waals surface area contributed by atoms with Gasteiger partial charge in [0, 0.05) is 13.1 Å². The molecule has 0 aromatic heterocycles. The van der Waals surface area contributed by atoms with E-state index in [1.54, 1.807) is 6.92 Å². The van der Waals surface area contributed by atoms with Gasteiger partial charge in [0.1, 0.15) is 6.04 Å². The zero-order valence-electron chi connectivity index (χ0n) is 11.4. The van der Waals surface area contributed by atoms with Crippen molar-refractivity contribution < 1.29 is 9.59 Å². The van der Waals surface area contributed by atoms with E-state index < -0.39 is 12.1 Å². The van der Waals surface area contributed by atoms with Crippen LogP contribution in [0.2, 0.25) is 0 Å². The summed E-state index contributed by atoms with van der Waals surface area (Å²) in [6.45, 7) is 5.40. The second kappa shape index (κ2) is 7.36. The Labute approximate surface area is 109 Å². The van der Waals surface area contributed by atoms with E-state index in [0.717, 1.165) is 38.8 Å². The van der Waals surface area contributed by atoms with Crippen molar-refractivity contribution in [1.29, 1.82) is 0 Å². The van der Waals surface area contributed by atoms with Crippen LogP contribution in [0.15, 0.2) is 0 Å². The van der Waals surface area contributed by atoms with Gasteiger partial charge in [0.2, 0.25) is 11.8 Å². The zero-order chi connectivity index (χ0) is 13.5. The first kappa shape index (κ1) is 15.0. The van der Waals surface area contributed by atoms with E-state index in [1.165, 1.54) is 0 Å². The third-order valence-corrected chi connectivity index (χ3v) is 3.35. The summed E-state index contributed by atoms with van der Waals surface area (Å²) in [7, 11) is 0. The molecule has 0 spiro atoms. The van der Waals surface area contributed by atoms with E-state index in [2.05, 4.69) is 12.2 Å². The van der Waals surface area contributed by atoms with Gasteiger partial charge in [-0.1, -0.05) is 19.8 Å². The van der Waals surface area contributed by atoms with Crippen molar-refractivity contribution >= 4 is 11.8 Å². The summed E-state index contributed by atoms with van der Waals surface area (Å²) in [6, 6.07) is -0.970. The molecule has 1 rings (SSSR count). The van der Waals surface area contributed by atoms with E-state index >= 15 is 0 Å². The van der Waals surface area contributed by atoms with Crippen molar-refractivity contribution in [2.45, 2.75) is 58.0 Å². The minimum atomic E-state index is -0.501. The molecule has 0 saturated carbocycles. The summed E-state index contributed by atoms with van der Waals surface area (Å²) in [4.78, 5) is 25.6. The van der Waals surface area contributed by atoms with Crippen molar-refractivity contribution in [3.63, 3.8) is 0 Å². The van der Waals surface area contributed by atoms with Crippen LogP contribution >= 0.6 is 0 Å². The molecule has 0 radical (unpaired) electrons. The Morgan fingerprint density at radius 3 is 2.50 bits per heavy atom. The topological polar surface area (TPSA) is 75.4 Å². The number of hydrogen-bond donors (Lipinski definition) is 2. The number of hydrogen-bond acceptors (Lipinski definition) is 3. The second-order valence-electron chi connectivity index (χ2n) is 5.01. The monoisotopic (exact) mass is 255 g/mol. The fourth-order valence-electron chi connectivity index (χ4n) is 2.15. The van der Waals surface area contributed by atoms with Crippen LogP contribution in [-0.4, -0.2) is 41.9 Å². The van der Waals surface area contributed by atoms with Crippen LogP contribution in [0, 0.1) is 0 Å². The highest BCUT2D eigenvalue weighted by Crippen LogP contribution is 2.09. The molecule has 2 amide bonds. The third-order valence-electron chi connectivity index (χ3n) is 3.35. The third kappa shape index (κ3) is 4.29. The molecule has 0 aromatic rings. The van der Waals surface area contributed by atoms with Crippen LogP contribution in [0.4, 0.5) is 0 Å². The normalized spacial score (nSPS) is 18.5. The second-order valence-corrected chi connectivity index (χ2v) is 5.01. The maximum absolute atomic E-state index is 12.0. The summed E-state index contributed by atoms with van der Waals surface area (Å²) >= 11 is 0. The Morgan fingerprint density at radius 1 is 1.33 bits per heavy atom. The Bertz CT molecular complexity index is 288. The maximum atomic E-state index is 12.0. The number of amides is 2. The molecule has 0 bridgehead atoms. The highest BCUT2D eigenvalue weighted by molar-refractivity contribution is 5.89. The number of nitrogens with two attached hydrogens (primary N) is 1. The minimum Gasteiger partial charge on any atom is -0.343 e. The van der Waals surface area contributed by atoms with Crippen LogP contribution in [0.1, 0.15) is 46.0 Å². The van der Waals surface area contributed by atoms with Crippen molar-refractivity contribution in [3.8, 4) is 0 Å². The summed E-state index contributed by atoms with van der Waals surface area (Å²) in [5.74, 6) is -0.216. The van der Waals surface area contributed by atoms with Gasteiger partial charge in [-0.15, -0.1) is 0 Å². The molecule has 1 fully saturated rings. The van der Waals surface area contributed by atoms with E-state index in [9.17, 15) is 9.59 Å². The van der Waals surface area contributed by atoms with Gasteiger partial charge in [-0.2, -0.15) is 0 Å². The molecular weight excluding hydrogens is 230 g/mol. The van der Waals surface area contributed by atoms with Gasteiger partial charge in [-0.25, -0.2) is 0 Å². The number of nitrogens with one attached hydrogen (secondary N) is 1. The molecule has 5 heteroatoms. The smallest absolute Gasteiger partial charge is 0.244 e. The van der Waals surface area contributed by atoms with Gasteiger partial charge < -0.3 is 16.0 Å². The highest BCUT2D eigenvalue weighted by atomic mass is 16.2. The van der Waals surface area contributed by atoms with Crippen LogP contribution < -0.4 is 11.1 Å². The number of carbonyl (C=O) groups excluding carboxylic acids is 2. The number of unbranched alkanes of at least 4 members (excludes halogenated alkanes) is 1. The fraction of sp³-hybridized carbons (Fsp3) is 0.846. The van der Waals surface area contributed by atoms with Gasteiger partial charge >= 0.3 is 0 Å². The lowest BCUT2D eigenvalue weighted by Crippen LogP contribution is -2.50. The molecule has 3 N–H and O–H groups in total. The largest absolute Gasteiger partial charge is 0.343 e. The van der Waals surface area contributed by atoms with E-state index in [-0.39, 0.29) is 11.8 Å². The average Bonchev–Trinajstić information content (AvgIpc) is 2.88. The van der Waals surface area contributed by atoms with Crippen molar-refractivity contribution in [1.82, 2.24) is 10.2 Å². The van der Waals surface area contributed by atoms with Crippen molar-refractivity contribution in [2.75, 3.05) is 13.1 Å². The molecule has 1 saturated heterocycles. The van der Waals surface area contributed by atoms with Gasteiger partial charge in [0.05, 0.1) is 6.04 Å². The molecule has 2 atom stereocenters. The molecule has 5 nitrogen and oxygen atoms in total. The van der Waals surface area contributed by atoms with Crippen LogP contribution in [0.5, 0.6) is 0 Å². The first-order valence-corrected chi connectivity index (χ1v) is 6.91. The Balaban J connectivity index is 2.35. The molecule has 1 aliphatic heterocycles. The predicted octanol–water partition coefficient (Wildman–Crippen LogP) is 0.631. The van der Waals surface area contributed by atoms with Gasteiger partial charge in [-0.3, -0.25) is 9.59 Å². The lowest BCUT2D eigenvalue weighted by atomic mass is 10.1. The first-order valence-electron chi connectivity index (χ1n) is 6.91. The van der Waals surface area contributed by atoms with Crippen LogP contribution in [0.3, 0.4) is 0 Å². The summed E-state index contributed by atoms with van der Waals surface area (Å²) in [6.07, 6.45) is 4.74. The van der Waals surface area contributed by atoms with Crippen molar-refractivity contribution in [2.24, 2.45) is 5.73 Å². The number of rotatable bonds is 6. The quantitative estimate of drug-likeness (QED) is 0.731. The maximum Gasteiger partial charge on any atom is 0.244 e. The zero-order valence-corrected chi connectivity index (χ0v) is 11.4.